The summed E-state index contributed by atoms with van der Waals surface area (Å²) in [4.78, 5) is 42.3. The van der Waals surface area contributed by atoms with Gasteiger partial charge in [-0.05, 0) is 18.2 Å². The highest BCUT2D eigenvalue weighted by atomic mass is 35.5. The van der Waals surface area contributed by atoms with Crippen LogP contribution in [0.3, 0.4) is 0 Å². The van der Waals surface area contributed by atoms with E-state index in [0.717, 1.165) is 11.8 Å². The largest absolute Gasteiger partial charge is 0.493 e. The minimum Gasteiger partial charge on any atom is -0.493 e. The molecule has 0 unspecified atom stereocenters. The molecular formula is C24H24ClN5O5. The number of hydrogen-bond donors (Lipinski definition) is 5. The van der Waals surface area contributed by atoms with E-state index >= 15 is 0 Å². The predicted octanol–water partition coefficient (Wildman–Crippen LogP) is 2.74. The number of pyridine rings is 1. The fraction of sp³-hybridized carbons (Fsp3) is 0.208. The molecule has 0 saturated carbocycles. The summed E-state index contributed by atoms with van der Waals surface area (Å²) >= 11 is 6.30. The van der Waals surface area contributed by atoms with Gasteiger partial charge in [-0.1, -0.05) is 24.2 Å². The number of nitrogens with one attached hydrogen (secondary N) is 5. The SMILES string of the molecule is C=CC(=O)NCCOc1cc(=O)[nH]cc1-c1[nH]c2c(c1Nc1cccc(Cl)c1OC)C(=O)NCC2. The van der Waals surface area contributed by atoms with Gasteiger partial charge >= 0.3 is 0 Å². The molecule has 2 amide bonds. The third-order valence-corrected chi connectivity index (χ3v) is 5.69. The molecule has 0 saturated heterocycles. The van der Waals surface area contributed by atoms with E-state index in [1.54, 1.807) is 18.2 Å². The first kappa shape index (κ1) is 24.0. The van der Waals surface area contributed by atoms with Crippen LogP contribution in [0.25, 0.3) is 11.3 Å². The van der Waals surface area contributed by atoms with E-state index < -0.39 is 0 Å². The Balaban J connectivity index is 1.78. The van der Waals surface area contributed by atoms with Crippen molar-refractivity contribution in [3.05, 3.63) is 69.8 Å². The number of hydrogen-bond acceptors (Lipinski definition) is 6. The van der Waals surface area contributed by atoms with E-state index in [4.69, 9.17) is 21.1 Å². The Labute approximate surface area is 205 Å². The van der Waals surface area contributed by atoms with Crippen LogP contribution >= 0.6 is 11.6 Å². The number of methoxy groups -OCH3 is 1. The summed E-state index contributed by atoms with van der Waals surface area (Å²) in [6, 6.07) is 6.55. The number of rotatable bonds is 9. The van der Waals surface area contributed by atoms with Crippen molar-refractivity contribution in [3.63, 3.8) is 0 Å². The number of carbonyl (C=O) groups excluding carboxylic acids is 2. The molecule has 4 rings (SSSR count). The maximum Gasteiger partial charge on any atom is 0.255 e. The Morgan fingerprint density at radius 3 is 2.91 bits per heavy atom. The first-order valence-electron chi connectivity index (χ1n) is 10.8. The Hall–Kier alpha value is -4.18. The lowest BCUT2D eigenvalue weighted by Gasteiger charge is -2.17. The van der Waals surface area contributed by atoms with Crippen LogP contribution in [0.15, 0.2) is 47.9 Å². The van der Waals surface area contributed by atoms with Gasteiger partial charge < -0.3 is 35.4 Å². The van der Waals surface area contributed by atoms with E-state index in [1.807, 2.05) is 0 Å². The molecule has 0 spiro atoms. The molecule has 3 heterocycles. The highest BCUT2D eigenvalue weighted by Gasteiger charge is 2.29. The summed E-state index contributed by atoms with van der Waals surface area (Å²) in [5.74, 6) is 0.130. The molecule has 0 bridgehead atoms. The third-order valence-electron chi connectivity index (χ3n) is 5.40. The van der Waals surface area contributed by atoms with Crippen LogP contribution < -0.4 is 31.0 Å². The minimum absolute atomic E-state index is 0.113. The van der Waals surface area contributed by atoms with Gasteiger partial charge in [0.15, 0.2) is 5.75 Å². The first-order chi connectivity index (χ1) is 16.9. The van der Waals surface area contributed by atoms with Gasteiger partial charge in [-0.15, -0.1) is 0 Å². The molecule has 0 radical (unpaired) electrons. The summed E-state index contributed by atoms with van der Waals surface area (Å²) in [6.45, 7) is 4.22. The third kappa shape index (κ3) is 5.02. The fourth-order valence-corrected chi connectivity index (χ4v) is 4.08. The zero-order valence-electron chi connectivity index (χ0n) is 18.9. The van der Waals surface area contributed by atoms with Crippen LogP contribution in [0.2, 0.25) is 5.02 Å². The van der Waals surface area contributed by atoms with Crippen LogP contribution in [0.5, 0.6) is 11.5 Å². The highest BCUT2D eigenvalue weighted by Crippen LogP contribution is 2.42. The molecular weight excluding hydrogens is 474 g/mol. The van der Waals surface area contributed by atoms with E-state index in [-0.39, 0.29) is 36.3 Å². The van der Waals surface area contributed by atoms with Crippen molar-refractivity contribution in [3.8, 4) is 22.8 Å². The molecule has 35 heavy (non-hydrogen) atoms. The maximum atomic E-state index is 12.8. The van der Waals surface area contributed by atoms with Crippen molar-refractivity contribution >= 4 is 34.8 Å². The van der Waals surface area contributed by atoms with Crippen LogP contribution in [-0.4, -0.2) is 48.6 Å². The van der Waals surface area contributed by atoms with Gasteiger partial charge in [-0.25, -0.2) is 0 Å². The number of aromatic nitrogens is 2. The quantitative estimate of drug-likeness (QED) is 0.228. The van der Waals surface area contributed by atoms with E-state index in [9.17, 15) is 14.4 Å². The number of ether oxygens (including phenoxy) is 2. The summed E-state index contributed by atoms with van der Waals surface area (Å²) in [7, 11) is 1.51. The number of H-pyrrole nitrogens is 2. The average molecular weight is 498 g/mol. The highest BCUT2D eigenvalue weighted by molar-refractivity contribution is 6.32. The molecule has 2 aromatic heterocycles. The van der Waals surface area contributed by atoms with Crippen molar-refractivity contribution in [2.45, 2.75) is 6.42 Å². The van der Waals surface area contributed by atoms with Gasteiger partial charge in [-0.3, -0.25) is 14.4 Å². The Kier molecular flexibility index (Phi) is 7.11. The average Bonchev–Trinajstić information content (AvgIpc) is 3.21. The number of amides is 2. The Bertz CT molecular complexity index is 1350. The fourth-order valence-electron chi connectivity index (χ4n) is 3.83. The van der Waals surface area contributed by atoms with Crippen molar-refractivity contribution in [2.24, 2.45) is 0 Å². The van der Waals surface area contributed by atoms with Crippen molar-refractivity contribution in [2.75, 3.05) is 32.1 Å². The van der Waals surface area contributed by atoms with Crippen molar-refractivity contribution < 1.29 is 19.1 Å². The molecule has 11 heteroatoms. The zero-order chi connectivity index (χ0) is 24.9. The molecule has 10 nitrogen and oxygen atoms in total. The summed E-state index contributed by atoms with van der Waals surface area (Å²) in [5, 5.41) is 9.16. The van der Waals surface area contributed by atoms with Crippen LogP contribution in [0, 0.1) is 0 Å². The van der Waals surface area contributed by atoms with Crippen LogP contribution in [0.1, 0.15) is 16.1 Å². The van der Waals surface area contributed by atoms with Gasteiger partial charge in [0.2, 0.25) is 5.91 Å². The molecule has 1 aliphatic rings. The van der Waals surface area contributed by atoms with E-state index in [2.05, 4.69) is 32.5 Å². The number of carbonyl (C=O) groups is 2. The van der Waals surface area contributed by atoms with Crippen molar-refractivity contribution in [1.29, 1.82) is 0 Å². The zero-order valence-corrected chi connectivity index (χ0v) is 19.7. The predicted molar refractivity (Wildman–Crippen MR) is 133 cm³/mol. The lowest BCUT2D eigenvalue weighted by Crippen LogP contribution is -2.31. The second-order valence-corrected chi connectivity index (χ2v) is 8.01. The minimum atomic E-state index is -0.362. The number of anilines is 2. The van der Waals surface area contributed by atoms with Gasteiger partial charge in [-0.2, -0.15) is 0 Å². The molecule has 0 aliphatic carbocycles. The molecule has 3 aromatic rings. The molecule has 0 fully saturated rings. The molecule has 0 atom stereocenters. The number of aromatic amines is 2. The maximum absolute atomic E-state index is 12.8. The molecule has 182 valence electrons. The normalized spacial score (nSPS) is 12.3. The molecule has 1 aromatic carbocycles. The lowest BCUT2D eigenvalue weighted by atomic mass is 10.1. The van der Waals surface area contributed by atoms with Gasteiger partial charge in [0.1, 0.15) is 12.4 Å². The van der Waals surface area contributed by atoms with Gasteiger partial charge in [0.05, 0.1) is 46.9 Å². The molecule has 1 aliphatic heterocycles. The summed E-state index contributed by atoms with van der Waals surface area (Å²) < 4.78 is 11.3. The van der Waals surface area contributed by atoms with Crippen LogP contribution in [-0.2, 0) is 11.2 Å². The molecule has 5 N–H and O–H groups in total. The topological polar surface area (TPSA) is 137 Å². The second kappa shape index (κ2) is 10.4. The number of halogens is 1. The van der Waals surface area contributed by atoms with Crippen molar-refractivity contribution in [1.82, 2.24) is 20.6 Å². The first-order valence-corrected chi connectivity index (χ1v) is 11.2. The smallest absolute Gasteiger partial charge is 0.255 e. The summed E-state index contributed by atoms with van der Waals surface area (Å²) in [6.07, 6.45) is 3.26. The monoisotopic (exact) mass is 497 g/mol. The summed E-state index contributed by atoms with van der Waals surface area (Å²) in [5.41, 5.74) is 2.92. The lowest BCUT2D eigenvalue weighted by molar-refractivity contribution is -0.116. The van der Waals surface area contributed by atoms with E-state index in [0.29, 0.717) is 51.9 Å². The standard InChI is InChI=1S/C24H24ClN5O5/c1-3-18(31)26-9-10-35-17-11-19(32)28-12-13(17)21-22(20-15(29-21)7-8-27-24(20)33)30-16-6-4-5-14(25)23(16)34-2/h3-6,11-12,29-30H,1,7-10H2,2H3,(H,26,31)(H,27,33)(H,28,32). The Morgan fingerprint density at radius 1 is 1.31 bits per heavy atom. The van der Waals surface area contributed by atoms with E-state index in [1.165, 1.54) is 19.4 Å². The Morgan fingerprint density at radius 2 is 2.14 bits per heavy atom. The van der Waals surface area contributed by atoms with Gasteiger partial charge in [0.25, 0.3) is 11.5 Å². The number of benzene rings is 1. The number of para-hydroxylation sites is 1. The number of fused-ring (bicyclic) bond motifs is 1. The second-order valence-electron chi connectivity index (χ2n) is 7.60. The van der Waals surface area contributed by atoms with Gasteiger partial charge in [0, 0.05) is 30.9 Å². The van der Waals surface area contributed by atoms with Crippen LogP contribution in [0.4, 0.5) is 11.4 Å².